The van der Waals surface area contributed by atoms with E-state index >= 15 is 0 Å². The van der Waals surface area contributed by atoms with Crippen molar-refractivity contribution >= 4 is 5.91 Å². The summed E-state index contributed by atoms with van der Waals surface area (Å²) in [7, 11) is 0. The normalized spacial score (nSPS) is 17.2. The van der Waals surface area contributed by atoms with E-state index in [1.807, 2.05) is 35.2 Å². The first-order valence-electron chi connectivity index (χ1n) is 8.74. The molecular formula is C19H19N5O2. The number of nitrogens with zero attached hydrogens (tertiary/aromatic N) is 5. The van der Waals surface area contributed by atoms with Gasteiger partial charge in [-0.2, -0.15) is 4.98 Å². The van der Waals surface area contributed by atoms with E-state index in [0.717, 1.165) is 24.8 Å². The van der Waals surface area contributed by atoms with Crippen LogP contribution in [0.15, 0.2) is 53.4 Å². The van der Waals surface area contributed by atoms with Crippen molar-refractivity contribution in [3.8, 4) is 11.5 Å². The van der Waals surface area contributed by atoms with Crippen molar-refractivity contribution in [1.29, 1.82) is 0 Å². The van der Waals surface area contributed by atoms with Crippen molar-refractivity contribution in [2.75, 3.05) is 6.54 Å². The zero-order valence-electron chi connectivity index (χ0n) is 14.3. The molecule has 1 aromatic carbocycles. The molecule has 26 heavy (non-hydrogen) atoms. The largest absolute Gasteiger partial charge is 0.337 e. The third-order valence-electron chi connectivity index (χ3n) is 4.54. The maximum absolute atomic E-state index is 12.8. The van der Waals surface area contributed by atoms with Gasteiger partial charge in [-0.05, 0) is 24.8 Å². The molecule has 7 heteroatoms. The molecule has 0 saturated carbocycles. The zero-order chi connectivity index (χ0) is 17.8. The molecule has 3 heterocycles. The molecule has 0 N–H and O–H groups in total. The van der Waals surface area contributed by atoms with Crippen molar-refractivity contribution in [2.45, 2.75) is 31.7 Å². The van der Waals surface area contributed by atoms with Crippen LogP contribution in [-0.2, 0) is 11.2 Å². The molecule has 3 aromatic rings. The molecule has 1 saturated heterocycles. The van der Waals surface area contributed by atoms with E-state index in [4.69, 9.17) is 4.52 Å². The maximum Gasteiger partial charge on any atom is 0.249 e. The molecule has 2 aromatic heterocycles. The Morgan fingerprint density at radius 2 is 2.08 bits per heavy atom. The number of amides is 1. The SMILES string of the molecule is O=C(Cc1ccccc1)N1CCCCC1c1nc(-c2cnccn2)no1. The molecule has 132 valence electrons. The minimum absolute atomic E-state index is 0.0835. The first-order valence-corrected chi connectivity index (χ1v) is 8.74. The Bertz CT molecular complexity index is 866. The van der Waals surface area contributed by atoms with E-state index in [1.165, 1.54) is 0 Å². The Hall–Kier alpha value is -3.09. The van der Waals surface area contributed by atoms with Crippen LogP contribution in [0.25, 0.3) is 11.5 Å². The Balaban J connectivity index is 1.54. The van der Waals surface area contributed by atoms with Crippen LogP contribution < -0.4 is 0 Å². The molecule has 4 rings (SSSR count). The molecule has 0 radical (unpaired) electrons. The van der Waals surface area contributed by atoms with Crippen LogP contribution in [0, 0.1) is 0 Å². The van der Waals surface area contributed by atoms with Gasteiger partial charge in [-0.1, -0.05) is 35.5 Å². The van der Waals surface area contributed by atoms with Gasteiger partial charge < -0.3 is 9.42 Å². The van der Waals surface area contributed by atoms with Crippen molar-refractivity contribution in [1.82, 2.24) is 25.0 Å². The smallest absolute Gasteiger partial charge is 0.249 e. The molecule has 1 unspecified atom stereocenters. The van der Waals surface area contributed by atoms with Gasteiger partial charge in [0.1, 0.15) is 11.7 Å². The fourth-order valence-corrected chi connectivity index (χ4v) is 3.25. The van der Waals surface area contributed by atoms with Crippen LogP contribution in [0.2, 0.25) is 0 Å². The van der Waals surface area contributed by atoms with Gasteiger partial charge in [0.2, 0.25) is 17.6 Å². The Morgan fingerprint density at radius 3 is 2.88 bits per heavy atom. The molecule has 0 bridgehead atoms. The van der Waals surface area contributed by atoms with Crippen molar-refractivity contribution in [3.63, 3.8) is 0 Å². The van der Waals surface area contributed by atoms with Crippen LogP contribution in [0.3, 0.4) is 0 Å². The van der Waals surface area contributed by atoms with Gasteiger partial charge in [0.15, 0.2) is 0 Å². The summed E-state index contributed by atoms with van der Waals surface area (Å²) in [6.07, 6.45) is 7.99. The van der Waals surface area contributed by atoms with Crippen molar-refractivity contribution in [2.24, 2.45) is 0 Å². The van der Waals surface area contributed by atoms with Gasteiger partial charge in [-0.25, -0.2) is 4.98 Å². The van der Waals surface area contributed by atoms with E-state index in [0.29, 0.717) is 30.4 Å². The lowest BCUT2D eigenvalue weighted by molar-refractivity contribution is -0.135. The number of aromatic nitrogens is 4. The fraction of sp³-hybridized carbons (Fsp3) is 0.316. The first kappa shape index (κ1) is 16.4. The average Bonchev–Trinajstić information content (AvgIpc) is 3.19. The summed E-state index contributed by atoms with van der Waals surface area (Å²) in [5.41, 5.74) is 1.56. The second-order valence-corrected chi connectivity index (χ2v) is 6.31. The van der Waals surface area contributed by atoms with Crippen LogP contribution in [0.5, 0.6) is 0 Å². The lowest BCUT2D eigenvalue weighted by Crippen LogP contribution is -2.39. The molecule has 1 atom stereocenters. The lowest BCUT2D eigenvalue weighted by Gasteiger charge is -2.33. The predicted molar refractivity (Wildman–Crippen MR) is 93.8 cm³/mol. The topological polar surface area (TPSA) is 85.0 Å². The van der Waals surface area contributed by atoms with Crippen LogP contribution in [0.1, 0.15) is 36.8 Å². The molecule has 0 spiro atoms. The number of hydrogen-bond donors (Lipinski definition) is 0. The van der Waals surface area contributed by atoms with Gasteiger partial charge in [0.05, 0.1) is 12.6 Å². The van der Waals surface area contributed by atoms with E-state index in [2.05, 4.69) is 20.1 Å². The third kappa shape index (κ3) is 3.46. The first-order chi connectivity index (χ1) is 12.8. The number of likely N-dealkylation sites (tertiary alicyclic amines) is 1. The summed E-state index contributed by atoms with van der Waals surface area (Å²) in [4.78, 5) is 27.4. The van der Waals surface area contributed by atoms with Gasteiger partial charge in [-0.3, -0.25) is 9.78 Å². The second-order valence-electron chi connectivity index (χ2n) is 6.31. The molecule has 1 aliphatic heterocycles. The van der Waals surface area contributed by atoms with Crippen LogP contribution >= 0.6 is 0 Å². The zero-order valence-corrected chi connectivity index (χ0v) is 14.3. The number of rotatable bonds is 4. The summed E-state index contributed by atoms with van der Waals surface area (Å²) in [6, 6.07) is 9.59. The molecule has 1 amide bonds. The number of benzene rings is 1. The molecule has 1 aliphatic rings. The monoisotopic (exact) mass is 349 g/mol. The lowest BCUT2D eigenvalue weighted by atomic mass is 10.0. The molecule has 0 aliphatic carbocycles. The minimum Gasteiger partial charge on any atom is -0.337 e. The van der Waals surface area contributed by atoms with Crippen molar-refractivity contribution in [3.05, 3.63) is 60.4 Å². The maximum atomic E-state index is 12.8. The second kappa shape index (κ2) is 7.43. The van der Waals surface area contributed by atoms with E-state index in [1.54, 1.807) is 18.6 Å². The Labute approximate surface area is 151 Å². The van der Waals surface area contributed by atoms with Gasteiger partial charge in [0.25, 0.3) is 0 Å². The Kier molecular flexibility index (Phi) is 4.68. The highest BCUT2D eigenvalue weighted by Gasteiger charge is 2.32. The average molecular weight is 349 g/mol. The number of hydrogen-bond acceptors (Lipinski definition) is 6. The molecular weight excluding hydrogens is 330 g/mol. The van der Waals surface area contributed by atoms with E-state index in [9.17, 15) is 4.79 Å². The Morgan fingerprint density at radius 1 is 1.19 bits per heavy atom. The predicted octanol–water partition coefficient (Wildman–Crippen LogP) is 2.82. The van der Waals surface area contributed by atoms with Gasteiger partial charge in [-0.15, -0.1) is 0 Å². The number of carbonyl (C=O) groups is 1. The van der Waals surface area contributed by atoms with Gasteiger partial charge in [0, 0.05) is 18.9 Å². The summed E-state index contributed by atoms with van der Waals surface area (Å²) >= 11 is 0. The molecule has 1 fully saturated rings. The highest BCUT2D eigenvalue weighted by atomic mass is 16.5. The highest BCUT2D eigenvalue weighted by molar-refractivity contribution is 5.79. The fourth-order valence-electron chi connectivity index (χ4n) is 3.25. The number of piperidine rings is 1. The van der Waals surface area contributed by atoms with E-state index < -0.39 is 0 Å². The van der Waals surface area contributed by atoms with Gasteiger partial charge >= 0.3 is 0 Å². The quantitative estimate of drug-likeness (QED) is 0.720. The summed E-state index contributed by atoms with van der Waals surface area (Å²) in [6.45, 7) is 0.708. The van der Waals surface area contributed by atoms with Crippen LogP contribution in [0.4, 0.5) is 0 Å². The third-order valence-corrected chi connectivity index (χ3v) is 4.54. The molecule has 7 nitrogen and oxygen atoms in total. The summed E-state index contributed by atoms with van der Waals surface area (Å²) in [5.74, 6) is 0.945. The standard InChI is InChI=1S/C19H19N5O2/c25-17(12-14-6-2-1-3-7-14)24-11-5-4-8-16(24)19-22-18(23-26-19)15-13-20-9-10-21-15/h1-3,6-7,9-10,13,16H,4-5,8,11-12H2. The van der Waals surface area contributed by atoms with E-state index in [-0.39, 0.29) is 11.9 Å². The highest BCUT2D eigenvalue weighted by Crippen LogP contribution is 2.31. The summed E-state index contributed by atoms with van der Waals surface area (Å²) in [5, 5.41) is 4.01. The minimum atomic E-state index is -0.183. The van der Waals surface area contributed by atoms with Crippen LogP contribution in [-0.4, -0.2) is 37.5 Å². The number of carbonyl (C=O) groups excluding carboxylic acids is 1. The summed E-state index contributed by atoms with van der Waals surface area (Å²) < 4.78 is 5.47. The van der Waals surface area contributed by atoms with Crippen molar-refractivity contribution < 1.29 is 9.32 Å².